The molecule has 0 radical (unpaired) electrons. The molecule has 1 aromatic carbocycles. The molecule has 2 aromatic rings. The number of aromatic nitrogens is 3. The quantitative estimate of drug-likeness (QED) is 0.777. The zero-order valence-electron chi connectivity index (χ0n) is 16.6. The predicted molar refractivity (Wildman–Crippen MR) is 108 cm³/mol. The number of ether oxygens (including phenoxy) is 2. The van der Waals surface area contributed by atoms with Crippen LogP contribution in [0.5, 0.6) is 5.75 Å². The molecule has 0 aliphatic carbocycles. The van der Waals surface area contributed by atoms with Gasteiger partial charge in [-0.2, -0.15) is 15.0 Å². The van der Waals surface area contributed by atoms with Gasteiger partial charge in [0.1, 0.15) is 5.75 Å². The summed E-state index contributed by atoms with van der Waals surface area (Å²) in [6.45, 7) is 4.96. The molecule has 2 fully saturated rings. The summed E-state index contributed by atoms with van der Waals surface area (Å²) in [6.07, 6.45) is 2.28. The number of morpholine rings is 1. The number of nitrogens with one attached hydrogen (secondary N) is 1. The number of hydrogen-bond donors (Lipinski definition) is 1. The molecular weight excluding hydrogens is 372 g/mol. The summed E-state index contributed by atoms with van der Waals surface area (Å²) < 4.78 is 10.6. The van der Waals surface area contributed by atoms with Crippen LogP contribution in [-0.4, -0.2) is 67.4 Å². The van der Waals surface area contributed by atoms with Crippen LogP contribution in [0.1, 0.15) is 29.0 Å². The number of benzene rings is 1. The molecule has 2 aliphatic rings. The molecular formula is C20H26N6O3. The summed E-state index contributed by atoms with van der Waals surface area (Å²) in [5.41, 5.74) is 0.563. The average Bonchev–Trinajstić information content (AvgIpc) is 3.33. The highest BCUT2D eigenvalue weighted by atomic mass is 16.5. The van der Waals surface area contributed by atoms with Gasteiger partial charge in [-0.05, 0) is 37.1 Å². The van der Waals surface area contributed by atoms with Gasteiger partial charge in [-0.15, -0.1) is 0 Å². The Balaban J connectivity index is 1.50. The van der Waals surface area contributed by atoms with E-state index >= 15 is 0 Å². The van der Waals surface area contributed by atoms with Crippen molar-refractivity contribution in [3.05, 3.63) is 35.7 Å². The van der Waals surface area contributed by atoms with Crippen molar-refractivity contribution in [2.75, 3.05) is 56.3 Å². The van der Waals surface area contributed by atoms with Gasteiger partial charge in [-0.1, -0.05) is 0 Å². The van der Waals surface area contributed by atoms with Crippen molar-refractivity contribution in [3.63, 3.8) is 0 Å². The highest BCUT2D eigenvalue weighted by Crippen LogP contribution is 2.19. The van der Waals surface area contributed by atoms with Crippen molar-refractivity contribution in [2.24, 2.45) is 0 Å². The second-order valence-corrected chi connectivity index (χ2v) is 7.06. The number of anilines is 2. The Morgan fingerprint density at radius 2 is 1.62 bits per heavy atom. The molecule has 0 atom stereocenters. The SMILES string of the molecule is COc1ccc(C(=O)NCc2nc(N3CCCC3)nc(N3CCOCC3)n2)cc1. The lowest BCUT2D eigenvalue weighted by molar-refractivity contribution is 0.0950. The van der Waals surface area contributed by atoms with Crippen LogP contribution in [0.25, 0.3) is 0 Å². The van der Waals surface area contributed by atoms with Gasteiger partial charge in [0.25, 0.3) is 5.91 Å². The minimum atomic E-state index is -0.177. The number of methoxy groups -OCH3 is 1. The third-order valence-electron chi connectivity index (χ3n) is 5.10. The lowest BCUT2D eigenvalue weighted by atomic mass is 10.2. The smallest absolute Gasteiger partial charge is 0.251 e. The van der Waals surface area contributed by atoms with Gasteiger partial charge in [0.15, 0.2) is 5.82 Å². The first-order valence-corrected chi connectivity index (χ1v) is 9.98. The Labute approximate surface area is 170 Å². The molecule has 9 nitrogen and oxygen atoms in total. The molecule has 29 heavy (non-hydrogen) atoms. The van der Waals surface area contributed by atoms with E-state index in [1.807, 2.05) is 0 Å². The van der Waals surface area contributed by atoms with Crippen molar-refractivity contribution in [1.29, 1.82) is 0 Å². The van der Waals surface area contributed by atoms with E-state index < -0.39 is 0 Å². The Hall–Kier alpha value is -2.94. The van der Waals surface area contributed by atoms with Crippen molar-refractivity contribution in [1.82, 2.24) is 20.3 Å². The van der Waals surface area contributed by atoms with Crippen LogP contribution in [0.15, 0.2) is 24.3 Å². The highest BCUT2D eigenvalue weighted by molar-refractivity contribution is 5.94. The lowest BCUT2D eigenvalue weighted by Gasteiger charge is -2.28. The van der Waals surface area contributed by atoms with Crippen LogP contribution >= 0.6 is 0 Å². The van der Waals surface area contributed by atoms with Gasteiger partial charge < -0.3 is 24.6 Å². The number of amides is 1. The second-order valence-electron chi connectivity index (χ2n) is 7.06. The van der Waals surface area contributed by atoms with Crippen LogP contribution in [0.3, 0.4) is 0 Å². The molecule has 0 unspecified atom stereocenters. The van der Waals surface area contributed by atoms with E-state index in [-0.39, 0.29) is 12.5 Å². The van der Waals surface area contributed by atoms with E-state index in [1.54, 1.807) is 31.4 Å². The Morgan fingerprint density at radius 3 is 2.24 bits per heavy atom. The normalized spacial score (nSPS) is 16.7. The minimum absolute atomic E-state index is 0.177. The molecule has 0 saturated carbocycles. The van der Waals surface area contributed by atoms with Crippen molar-refractivity contribution < 1.29 is 14.3 Å². The zero-order valence-corrected chi connectivity index (χ0v) is 16.6. The molecule has 2 saturated heterocycles. The predicted octanol–water partition coefficient (Wildman–Crippen LogP) is 1.25. The third-order valence-corrected chi connectivity index (χ3v) is 5.10. The highest BCUT2D eigenvalue weighted by Gasteiger charge is 2.21. The molecule has 4 rings (SSSR count). The van der Waals surface area contributed by atoms with Crippen LogP contribution in [-0.2, 0) is 11.3 Å². The number of hydrogen-bond acceptors (Lipinski definition) is 8. The van der Waals surface area contributed by atoms with Crippen molar-refractivity contribution in [2.45, 2.75) is 19.4 Å². The van der Waals surface area contributed by atoms with E-state index in [1.165, 1.54) is 0 Å². The van der Waals surface area contributed by atoms with Crippen LogP contribution in [0, 0.1) is 0 Å². The maximum Gasteiger partial charge on any atom is 0.251 e. The van der Waals surface area contributed by atoms with Gasteiger partial charge in [-0.25, -0.2) is 0 Å². The number of carbonyl (C=O) groups is 1. The first-order valence-electron chi connectivity index (χ1n) is 9.98. The average molecular weight is 398 g/mol. The van der Waals surface area contributed by atoms with Crippen molar-refractivity contribution in [3.8, 4) is 5.75 Å². The van der Waals surface area contributed by atoms with Crippen LogP contribution < -0.4 is 19.9 Å². The first-order chi connectivity index (χ1) is 14.2. The summed E-state index contributed by atoms with van der Waals surface area (Å²) in [6, 6.07) is 6.99. The van der Waals surface area contributed by atoms with E-state index in [9.17, 15) is 4.79 Å². The fourth-order valence-corrected chi connectivity index (χ4v) is 3.44. The third kappa shape index (κ3) is 4.73. The molecule has 1 N–H and O–H groups in total. The van der Waals surface area contributed by atoms with Gasteiger partial charge in [-0.3, -0.25) is 4.79 Å². The Bertz CT molecular complexity index is 833. The molecule has 3 heterocycles. The fraction of sp³-hybridized carbons (Fsp3) is 0.500. The minimum Gasteiger partial charge on any atom is -0.497 e. The second kappa shape index (κ2) is 9.04. The topological polar surface area (TPSA) is 92.7 Å². The number of rotatable bonds is 6. The molecule has 0 spiro atoms. The maximum absolute atomic E-state index is 12.5. The van der Waals surface area contributed by atoms with Crippen molar-refractivity contribution >= 4 is 17.8 Å². The monoisotopic (exact) mass is 398 g/mol. The van der Waals surface area contributed by atoms with Gasteiger partial charge in [0.05, 0.1) is 26.9 Å². The largest absolute Gasteiger partial charge is 0.497 e. The number of carbonyl (C=O) groups excluding carboxylic acids is 1. The molecule has 2 aliphatic heterocycles. The van der Waals surface area contributed by atoms with Crippen LogP contribution in [0.2, 0.25) is 0 Å². The lowest BCUT2D eigenvalue weighted by Crippen LogP contribution is -2.38. The van der Waals surface area contributed by atoms with E-state index in [2.05, 4.69) is 25.1 Å². The fourth-order valence-electron chi connectivity index (χ4n) is 3.44. The summed E-state index contributed by atoms with van der Waals surface area (Å²) >= 11 is 0. The molecule has 1 amide bonds. The molecule has 0 bridgehead atoms. The zero-order chi connectivity index (χ0) is 20.1. The maximum atomic E-state index is 12.5. The summed E-state index contributed by atoms with van der Waals surface area (Å²) in [4.78, 5) is 30.7. The Morgan fingerprint density at radius 1 is 1.00 bits per heavy atom. The Kier molecular flexibility index (Phi) is 6.04. The summed E-state index contributed by atoms with van der Waals surface area (Å²) in [5, 5.41) is 2.91. The van der Waals surface area contributed by atoms with Gasteiger partial charge in [0.2, 0.25) is 11.9 Å². The van der Waals surface area contributed by atoms with E-state index in [0.29, 0.717) is 42.2 Å². The van der Waals surface area contributed by atoms with Gasteiger partial charge >= 0.3 is 0 Å². The molecule has 9 heteroatoms. The standard InChI is InChI=1S/C20H26N6O3/c1-28-16-6-4-15(5-7-16)18(27)21-14-17-22-19(25-8-2-3-9-25)24-20(23-17)26-10-12-29-13-11-26/h4-7H,2-3,8-14H2,1H3,(H,21,27). The molecule has 154 valence electrons. The van der Waals surface area contributed by atoms with Gasteiger partial charge in [0, 0.05) is 31.7 Å². The first kappa shape index (κ1) is 19.4. The number of nitrogens with zero attached hydrogens (tertiary/aromatic N) is 5. The van der Waals surface area contributed by atoms with E-state index in [4.69, 9.17) is 14.5 Å². The van der Waals surface area contributed by atoms with E-state index in [0.717, 1.165) is 39.0 Å². The van der Waals surface area contributed by atoms with Crippen LogP contribution in [0.4, 0.5) is 11.9 Å². The summed E-state index contributed by atoms with van der Waals surface area (Å²) in [7, 11) is 1.60. The summed E-state index contributed by atoms with van der Waals surface area (Å²) in [5.74, 6) is 2.44. The molecule has 1 aromatic heterocycles.